The van der Waals surface area contributed by atoms with Gasteiger partial charge in [0, 0.05) is 0 Å². The Bertz CT molecular complexity index is 626. The van der Waals surface area contributed by atoms with E-state index < -0.39 is 34.3 Å². The summed E-state index contributed by atoms with van der Waals surface area (Å²) in [6, 6.07) is 0. The molecule has 0 rings (SSSR count). The summed E-state index contributed by atoms with van der Waals surface area (Å²) in [7, 11) is -4.52. The molecule has 0 aliphatic heterocycles. The van der Waals surface area contributed by atoms with Gasteiger partial charge in [0.2, 0.25) is 8.32 Å². The molecule has 0 bridgehead atoms. The van der Waals surface area contributed by atoms with E-state index in [2.05, 4.69) is 90.0 Å². The molecule has 208 valence electrons. The van der Waals surface area contributed by atoms with E-state index in [1.54, 1.807) is 0 Å². The lowest BCUT2D eigenvalue weighted by Crippen LogP contribution is -2.58. The van der Waals surface area contributed by atoms with E-state index in [1.807, 2.05) is 19.9 Å². The van der Waals surface area contributed by atoms with Gasteiger partial charge in [0.15, 0.2) is 8.32 Å². The van der Waals surface area contributed by atoms with Crippen molar-refractivity contribution in [3.8, 4) is 0 Å². The zero-order valence-corrected chi connectivity index (χ0v) is 27.9. The summed E-state index contributed by atoms with van der Waals surface area (Å²) >= 11 is 0. The lowest BCUT2D eigenvalue weighted by molar-refractivity contribution is -0.124. The van der Waals surface area contributed by atoms with Crippen LogP contribution in [0.3, 0.4) is 0 Å². The molecular weight excluding hydrogens is 468 g/mol. The molecule has 0 aromatic rings. The molecule has 0 aliphatic carbocycles. The second-order valence-electron chi connectivity index (χ2n) is 12.7. The van der Waals surface area contributed by atoms with Gasteiger partial charge in [-0.2, -0.15) is 0 Å². The van der Waals surface area contributed by atoms with Gasteiger partial charge in [-0.05, 0) is 53.5 Å². The number of carbonyl (C=O) groups is 1. The highest BCUT2D eigenvalue weighted by molar-refractivity contribution is 6.78. The average Bonchev–Trinajstić information content (AvgIpc) is 2.73. The van der Waals surface area contributed by atoms with Crippen molar-refractivity contribution in [2.45, 2.75) is 156 Å². The number of hydrogen-bond acceptors (Lipinski definition) is 4. The van der Waals surface area contributed by atoms with Crippen LogP contribution in [0.25, 0.3) is 0 Å². The van der Waals surface area contributed by atoms with Crippen molar-refractivity contribution in [3.05, 3.63) is 11.6 Å². The summed E-state index contributed by atoms with van der Waals surface area (Å²) in [5.41, 5.74) is 2.28. The normalized spacial score (nSPS) is 17.7. The molecule has 0 aliphatic rings. The number of carbonyl (C=O) groups excluding carboxylic acids is 1. The van der Waals surface area contributed by atoms with Gasteiger partial charge in [-0.3, -0.25) is 0 Å². The Balaban J connectivity index is 6.79. The van der Waals surface area contributed by atoms with Crippen LogP contribution in [-0.4, -0.2) is 46.8 Å². The zero-order chi connectivity index (χ0) is 27.9. The first-order valence-corrected chi connectivity index (χ1v) is 18.3. The smallest absolute Gasteiger partial charge is 0.201 e. The average molecular weight is 529 g/mol. The van der Waals surface area contributed by atoms with Crippen LogP contribution in [0.1, 0.15) is 110 Å². The number of allylic oxidation sites excluding steroid dienone is 1. The van der Waals surface area contributed by atoms with Crippen LogP contribution in [0.2, 0.25) is 33.2 Å². The maximum absolute atomic E-state index is 12.5. The quantitative estimate of drug-likeness (QED) is 0.124. The molecule has 4 nitrogen and oxygen atoms in total. The molecule has 35 heavy (non-hydrogen) atoms. The van der Waals surface area contributed by atoms with Gasteiger partial charge in [0.1, 0.15) is 6.29 Å². The maximum Gasteiger partial charge on any atom is 0.201 e. The van der Waals surface area contributed by atoms with Crippen molar-refractivity contribution in [1.29, 1.82) is 0 Å². The van der Waals surface area contributed by atoms with E-state index in [0.29, 0.717) is 39.9 Å². The molecule has 0 fully saturated rings. The summed E-state index contributed by atoms with van der Waals surface area (Å²) in [4.78, 5) is 12.5. The molecule has 3 atom stereocenters. The molecule has 0 aromatic carbocycles. The van der Waals surface area contributed by atoms with Crippen molar-refractivity contribution in [2.75, 3.05) is 6.61 Å². The fourth-order valence-corrected chi connectivity index (χ4v) is 17.9. The minimum atomic E-state index is -2.34. The number of hydrogen-bond donors (Lipinski definition) is 1. The second kappa shape index (κ2) is 14.0. The number of rotatable bonds is 16. The predicted molar refractivity (Wildman–Crippen MR) is 157 cm³/mol. The van der Waals surface area contributed by atoms with E-state index >= 15 is 0 Å². The van der Waals surface area contributed by atoms with Crippen LogP contribution in [0.15, 0.2) is 11.6 Å². The molecule has 0 amide bonds. The molecule has 0 saturated carbocycles. The van der Waals surface area contributed by atoms with E-state index in [1.165, 1.54) is 0 Å². The maximum atomic E-state index is 12.5. The van der Waals surface area contributed by atoms with Crippen LogP contribution in [0.4, 0.5) is 0 Å². The summed E-state index contributed by atoms with van der Waals surface area (Å²) in [5, 5.41) is 11.9. The van der Waals surface area contributed by atoms with Gasteiger partial charge in [0.25, 0.3) is 0 Å². The topological polar surface area (TPSA) is 55.8 Å². The first kappa shape index (κ1) is 34.7. The SMILES string of the molecule is CC/C=C(\C)C(C)(C=O)[C@@H](O)[C@@H](CO[Si](C(C)C)(C(C)C)C(C)C)O[Si](C(C)C)(C(C)C)C(C)C. The van der Waals surface area contributed by atoms with Gasteiger partial charge in [-0.25, -0.2) is 0 Å². The number of aliphatic hydroxyl groups is 1. The third-order valence-corrected chi connectivity index (χ3v) is 21.0. The number of aliphatic hydroxyl groups excluding tert-OH is 1. The minimum absolute atomic E-state index is 0.325. The van der Waals surface area contributed by atoms with E-state index in [0.717, 1.165) is 18.3 Å². The Hall–Kier alpha value is -0.276. The molecule has 0 saturated heterocycles. The summed E-state index contributed by atoms with van der Waals surface area (Å²) in [6.45, 7) is 33.4. The fourth-order valence-electron chi connectivity index (χ4n) is 6.89. The van der Waals surface area contributed by atoms with Crippen molar-refractivity contribution >= 4 is 22.9 Å². The third-order valence-electron chi connectivity index (χ3n) is 8.84. The first-order valence-electron chi connectivity index (χ1n) is 14.1. The highest BCUT2D eigenvalue weighted by Gasteiger charge is 2.52. The van der Waals surface area contributed by atoms with Crippen molar-refractivity contribution in [2.24, 2.45) is 5.41 Å². The standard InChI is InChI=1S/C29H60O4Si2/c1-16-17-26(14)29(15,19-30)28(31)27(33-35(23(8)9,24(10)11)25(12)13)18-32-34(20(2)3,21(4)5)22(6)7/h17,19-25,27-28,31H,16,18H2,1-15H3/b26-17+/t27-,28+,29?/m1/s1. The van der Waals surface area contributed by atoms with Gasteiger partial charge >= 0.3 is 0 Å². The summed E-state index contributed by atoms with van der Waals surface area (Å²) in [5.74, 6) is 0. The van der Waals surface area contributed by atoms with Gasteiger partial charge < -0.3 is 18.8 Å². The van der Waals surface area contributed by atoms with Gasteiger partial charge in [0.05, 0.1) is 24.2 Å². The lowest BCUT2D eigenvalue weighted by atomic mass is 9.76. The molecule has 0 spiro atoms. The Kier molecular flexibility index (Phi) is 13.9. The van der Waals surface area contributed by atoms with Crippen LogP contribution in [0.5, 0.6) is 0 Å². The van der Waals surface area contributed by atoms with Crippen LogP contribution in [-0.2, 0) is 13.6 Å². The highest BCUT2D eigenvalue weighted by Crippen LogP contribution is 2.46. The van der Waals surface area contributed by atoms with Gasteiger partial charge in [-0.15, -0.1) is 0 Å². The Morgan fingerprint density at radius 1 is 0.800 bits per heavy atom. The van der Waals surface area contributed by atoms with E-state index in [9.17, 15) is 9.90 Å². The van der Waals surface area contributed by atoms with Crippen molar-refractivity contribution in [1.82, 2.24) is 0 Å². The van der Waals surface area contributed by atoms with Crippen LogP contribution in [0, 0.1) is 5.41 Å². The fraction of sp³-hybridized carbons (Fsp3) is 0.897. The summed E-state index contributed by atoms with van der Waals surface area (Å²) < 4.78 is 14.2. The molecule has 1 unspecified atom stereocenters. The largest absolute Gasteiger partial charge is 0.413 e. The van der Waals surface area contributed by atoms with Crippen molar-refractivity contribution < 1.29 is 18.8 Å². The Labute approximate surface area is 220 Å². The molecule has 6 heteroatoms. The Morgan fingerprint density at radius 2 is 1.17 bits per heavy atom. The van der Waals surface area contributed by atoms with E-state index in [4.69, 9.17) is 8.85 Å². The van der Waals surface area contributed by atoms with Crippen LogP contribution >= 0.6 is 0 Å². The molecule has 0 heterocycles. The molecule has 1 N–H and O–H groups in total. The van der Waals surface area contributed by atoms with Crippen LogP contribution < -0.4 is 0 Å². The third kappa shape index (κ3) is 7.19. The number of aldehydes is 1. The highest BCUT2D eigenvalue weighted by atomic mass is 28.4. The van der Waals surface area contributed by atoms with E-state index in [-0.39, 0.29) is 0 Å². The van der Waals surface area contributed by atoms with Gasteiger partial charge in [-0.1, -0.05) is 102 Å². The molecule has 0 aromatic heterocycles. The molecular formula is C29H60O4Si2. The predicted octanol–water partition coefficient (Wildman–Crippen LogP) is 8.66. The second-order valence-corrected chi connectivity index (χ2v) is 23.6. The lowest BCUT2D eigenvalue weighted by Gasteiger charge is -2.49. The minimum Gasteiger partial charge on any atom is -0.413 e. The summed E-state index contributed by atoms with van der Waals surface area (Å²) in [6.07, 6.45) is 2.23. The monoisotopic (exact) mass is 528 g/mol. The zero-order valence-electron chi connectivity index (χ0n) is 25.9. The Morgan fingerprint density at radius 3 is 1.46 bits per heavy atom. The molecule has 0 radical (unpaired) electrons. The first-order chi connectivity index (χ1) is 15.9. The van der Waals surface area contributed by atoms with Crippen molar-refractivity contribution in [3.63, 3.8) is 0 Å².